The van der Waals surface area contributed by atoms with Crippen LogP contribution in [0.15, 0.2) is 66.1 Å². The lowest BCUT2D eigenvalue weighted by molar-refractivity contribution is -0.119. The van der Waals surface area contributed by atoms with Crippen molar-refractivity contribution in [2.45, 2.75) is 11.8 Å². The summed E-state index contributed by atoms with van der Waals surface area (Å²) in [6.45, 7) is 4.35. The minimum atomic E-state index is -3.79. The number of nitrogens with one attached hydrogen (secondary N) is 2. The number of anilines is 1. The zero-order chi connectivity index (χ0) is 21.4. The van der Waals surface area contributed by atoms with Crippen LogP contribution in [-0.4, -0.2) is 39.2 Å². The molecule has 29 heavy (non-hydrogen) atoms. The molecule has 0 atom stereocenters. The highest BCUT2D eigenvalue weighted by atomic mass is 32.2. The molecule has 0 saturated carbocycles. The number of hydrogen-bond acceptors (Lipinski definition) is 6. The third-order valence-electron chi connectivity index (χ3n) is 3.71. The molecule has 2 aromatic carbocycles. The van der Waals surface area contributed by atoms with Gasteiger partial charge in [0.25, 0.3) is 5.91 Å². The van der Waals surface area contributed by atoms with Crippen molar-refractivity contribution in [2.24, 2.45) is 0 Å². The van der Waals surface area contributed by atoms with Crippen LogP contribution in [0.3, 0.4) is 0 Å². The highest BCUT2D eigenvalue weighted by molar-refractivity contribution is 7.89. The fraction of sp³-hybridized carbons (Fsp3) is 0.150. The lowest BCUT2D eigenvalue weighted by atomic mass is 10.1. The standard InChI is InChI=1S/C20H20N2O6S/c1-3-11-21-29(26,27)18-6-4-5-16(12-18)20(25)28-13-19(24)22-17-9-7-15(8-10-17)14(2)23/h3-10,12,21H,1,11,13H2,2H3,(H,22,24). The molecule has 9 heteroatoms. The maximum atomic E-state index is 12.1. The first-order valence-corrected chi connectivity index (χ1v) is 10.00. The van der Waals surface area contributed by atoms with Crippen LogP contribution in [-0.2, 0) is 19.6 Å². The molecule has 2 aromatic rings. The van der Waals surface area contributed by atoms with Crippen molar-refractivity contribution in [1.29, 1.82) is 0 Å². The van der Waals surface area contributed by atoms with Gasteiger partial charge in [-0.15, -0.1) is 6.58 Å². The van der Waals surface area contributed by atoms with E-state index in [2.05, 4.69) is 16.6 Å². The molecule has 152 valence electrons. The van der Waals surface area contributed by atoms with Gasteiger partial charge in [-0.25, -0.2) is 17.9 Å². The van der Waals surface area contributed by atoms with Gasteiger partial charge in [0, 0.05) is 17.8 Å². The first kappa shape index (κ1) is 22.0. The Morgan fingerprint density at radius 3 is 2.38 bits per heavy atom. The van der Waals surface area contributed by atoms with Crippen molar-refractivity contribution in [1.82, 2.24) is 4.72 Å². The zero-order valence-electron chi connectivity index (χ0n) is 15.7. The van der Waals surface area contributed by atoms with Crippen LogP contribution in [0.2, 0.25) is 0 Å². The van der Waals surface area contributed by atoms with Crippen LogP contribution in [0.1, 0.15) is 27.6 Å². The molecule has 0 aromatic heterocycles. The van der Waals surface area contributed by atoms with Crippen molar-refractivity contribution in [2.75, 3.05) is 18.5 Å². The van der Waals surface area contributed by atoms with Gasteiger partial charge in [-0.1, -0.05) is 12.1 Å². The molecule has 1 amide bonds. The van der Waals surface area contributed by atoms with E-state index in [1.807, 2.05) is 0 Å². The molecule has 8 nitrogen and oxygen atoms in total. The van der Waals surface area contributed by atoms with Crippen molar-refractivity contribution >= 4 is 33.4 Å². The number of carbonyl (C=O) groups is 3. The third kappa shape index (κ3) is 6.37. The number of amides is 1. The molecule has 0 aliphatic rings. The Kier molecular flexibility index (Phi) is 7.40. The van der Waals surface area contributed by atoms with Gasteiger partial charge in [0.15, 0.2) is 12.4 Å². The number of hydrogen-bond donors (Lipinski definition) is 2. The van der Waals surface area contributed by atoms with E-state index in [-0.39, 0.29) is 22.8 Å². The summed E-state index contributed by atoms with van der Waals surface area (Å²) < 4.78 is 31.4. The number of esters is 1. The molecular weight excluding hydrogens is 396 g/mol. The molecule has 0 saturated heterocycles. The van der Waals surface area contributed by atoms with E-state index in [1.165, 1.54) is 31.2 Å². The highest BCUT2D eigenvalue weighted by Crippen LogP contribution is 2.13. The molecule has 2 rings (SSSR count). The predicted octanol–water partition coefficient (Wildman–Crippen LogP) is 2.15. The number of Topliss-reactive ketones (excluding diaryl/α,β-unsaturated/α-hetero) is 1. The Hall–Kier alpha value is -3.30. The Bertz CT molecular complexity index is 1030. The number of sulfonamides is 1. The Morgan fingerprint density at radius 1 is 1.07 bits per heavy atom. The third-order valence-corrected chi connectivity index (χ3v) is 5.13. The summed E-state index contributed by atoms with van der Waals surface area (Å²) in [5.74, 6) is -1.51. The number of ketones is 1. The summed E-state index contributed by atoms with van der Waals surface area (Å²) in [6.07, 6.45) is 1.39. The number of benzene rings is 2. The summed E-state index contributed by atoms with van der Waals surface area (Å²) in [7, 11) is -3.79. The van der Waals surface area contributed by atoms with Crippen LogP contribution in [0.4, 0.5) is 5.69 Å². The molecule has 0 radical (unpaired) electrons. The number of carbonyl (C=O) groups excluding carboxylic acids is 3. The van der Waals surface area contributed by atoms with Crippen LogP contribution in [0.5, 0.6) is 0 Å². The zero-order valence-corrected chi connectivity index (χ0v) is 16.5. The molecule has 0 aliphatic heterocycles. The van der Waals surface area contributed by atoms with Crippen LogP contribution in [0.25, 0.3) is 0 Å². The second-order valence-electron chi connectivity index (χ2n) is 5.93. The Balaban J connectivity index is 1.96. The first-order valence-electron chi connectivity index (χ1n) is 8.51. The van der Waals surface area contributed by atoms with E-state index >= 15 is 0 Å². The van der Waals surface area contributed by atoms with E-state index in [4.69, 9.17) is 4.74 Å². The van der Waals surface area contributed by atoms with Gasteiger partial charge in [-0.05, 0) is 49.4 Å². The molecule has 0 unspecified atom stereocenters. The Morgan fingerprint density at radius 2 is 1.76 bits per heavy atom. The summed E-state index contributed by atoms with van der Waals surface area (Å²) in [5, 5.41) is 2.53. The largest absolute Gasteiger partial charge is 0.452 e. The first-order chi connectivity index (χ1) is 13.7. The SMILES string of the molecule is C=CCNS(=O)(=O)c1cccc(C(=O)OCC(=O)Nc2ccc(C(C)=O)cc2)c1. The Labute approximate surface area is 168 Å². The topological polar surface area (TPSA) is 119 Å². The summed E-state index contributed by atoms with van der Waals surface area (Å²) in [4.78, 5) is 35.2. The molecule has 0 bridgehead atoms. The minimum Gasteiger partial charge on any atom is -0.452 e. The monoisotopic (exact) mass is 416 g/mol. The average Bonchev–Trinajstić information content (AvgIpc) is 2.71. The van der Waals surface area contributed by atoms with Gasteiger partial charge in [-0.3, -0.25) is 9.59 Å². The molecule has 0 heterocycles. The predicted molar refractivity (Wildman–Crippen MR) is 107 cm³/mol. The van der Waals surface area contributed by atoms with Gasteiger partial charge in [-0.2, -0.15) is 0 Å². The second kappa shape index (κ2) is 9.76. The van der Waals surface area contributed by atoms with Gasteiger partial charge < -0.3 is 10.1 Å². The normalized spacial score (nSPS) is 10.8. The van der Waals surface area contributed by atoms with Gasteiger partial charge in [0.2, 0.25) is 10.0 Å². The quantitative estimate of drug-likeness (QED) is 0.367. The average molecular weight is 416 g/mol. The van der Waals surface area contributed by atoms with E-state index in [9.17, 15) is 22.8 Å². The number of rotatable bonds is 9. The second-order valence-corrected chi connectivity index (χ2v) is 7.69. The fourth-order valence-electron chi connectivity index (χ4n) is 2.24. The van der Waals surface area contributed by atoms with Gasteiger partial charge in [0.1, 0.15) is 0 Å². The lowest BCUT2D eigenvalue weighted by Crippen LogP contribution is -2.24. The molecule has 0 fully saturated rings. The smallest absolute Gasteiger partial charge is 0.338 e. The summed E-state index contributed by atoms with van der Waals surface area (Å²) in [6, 6.07) is 11.5. The van der Waals surface area contributed by atoms with E-state index in [1.54, 1.807) is 24.3 Å². The van der Waals surface area contributed by atoms with E-state index in [0.29, 0.717) is 11.3 Å². The molecule has 0 aliphatic carbocycles. The van der Waals surface area contributed by atoms with Crippen molar-refractivity contribution in [3.8, 4) is 0 Å². The maximum absolute atomic E-state index is 12.1. The van der Waals surface area contributed by atoms with Crippen LogP contribution in [0, 0.1) is 0 Å². The van der Waals surface area contributed by atoms with Gasteiger partial charge >= 0.3 is 5.97 Å². The summed E-state index contributed by atoms with van der Waals surface area (Å²) in [5.41, 5.74) is 0.939. The minimum absolute atomic E-state index is 0.00918. The van der Waals surface area contributed by atoms with Crippen molar-refractivity contribution in [3.63, 3.8) is 0 Å². The van der Waals surface area contributed by atoms with E-state index in [0.717, 1.165) is 6.07 Å². The molecule has 2 N–H and O–H groups in total. The maximum Gasteiger partial charge on any atom is 0.338 e. The van der Waals surface area contributed by atoms with Gasteiger partial charge in [0.05, 0.1) is 10.5 Å². The van der Waals surface area contributed by atoms with E-state index < -0.39 is 28.5 Å². The van der Waals surface area contributed by atoms with Crippen LogP contribution >= 0.6 is 0 Å². The van der Waals surface area contributed by atoms with Crippen LogP contribution < -0.4 is 10.0 Å². The summed E-state index contributed by atoms with van der Waals surface area (Å²) >= 11 is 0. The van der Waals surface area contributed by atoms with Crippen molar-refractivity contribution < 1.29 is 27.5 Å². The molecular formula is C20H20N2O6S. The highest BCUT2D eigenvalue weighted by Gasteiger charge is 2.17. The fourth-order valence-corrected chi connectivity index (χ4v) is 3.29. The lowest BCUT2D eigenvalue weighted by Gasteiger charge is -2.09. The molecule has 0 spiro atoms. The van der Waals surface area contributed by atoms with Crippen molar-refractivity contribution in [3.05, 3.63) is 72.3 Å². The number of ether oxygens (including phenoxy) is 1.